The first kappa shape index (κ1) is 12.3. The van der Waals surface area contributed by atoms with Crippen molar-refractivity contribution >= 4 is 5.91 Å². The molecule has 0 spiro atoms. The van der Waals surface area contributed by atoms with Crippen LogP contribution >= 0.6 is 0 Å². The SMILES string of the molecule is O=C(CNCCOCC(F)F)NC1CC1. The molecule has 0 atom stereocenters. The maximum absolute atomic E-state index is 11.6. The Balaban J connectivity index is 1.81. The number of rotatable bonds is 8. The van der Waals surface area contributed by atoms with Gasteiger partial charge >= 0.3 is 0 Å². The zero-order chi connectivity index (χ0) is 11.1. The molecule has 0 radical (unpaired) electrons. The second kappa shape index (κ2) is 6.68. The number of hydrogen-bond donors (Lipinski definition) is 2. The summed E-state index contributed by atoms with van der Waals surface area (Å²) in [6, 6.07) is 0.356. The zero-order valence-corrected chi connectivity index (χ0v) is 8.47. The predicted molar refractivity (Wildman–Crippen MR) is 50.9 cm³/mol. The molecule has 1 saturated carbocycles. The van der Waals surface area contributed by atoms with Crippen LogP contribution in [0.15, 0.2) is 0 Å². The highest BCUT2D eigenvalue weighted by atomic mass is 19.3. The third-order valence-electron chi connectivity index (χ3n) is 1.90. The van der Waals surface area contributed by atoms with E-state index < -0.39 is 13.0 Å². The van der Waals surface area contributed by atoms with E-state index in [9.17, 15) is 13.6 Å². The van der Waals surface area contributed by atoms with E-state index in [-0.39, 0.29) is 19.1 Å². The molecular weight excluding hydrogens is 206 g/mol. The van der Waals surface area contributed by atoms with Gasteiger partial charge in [0.2, 0.25) is 5.91 Å². The van der Waals surface area contributed by atoms with Crippen molar-refractivity contribution in [2.45, 2.75) is 25.3 Å². The number of carbonyl (C=O) groups is 1. The normalized spacial score (nSPS) is 15.7. The van der Waals surface area contributed by atoms with Gasteiger partial charge in [-0.15, -0.1) is 0 Å². The standard InChI is InChI=1S/C9H16F2N2O2/c10-8(11)6-15-4-3-12-5-9(14)13-7-1-2-7/h7-8,12H,1-6H2,(H,13,14). The molecule has 0 unspecified atom stereocenters. The Morgan fingerprint density at radius 2 is 2.20 bits per heavy atom. The number of carbonyl (C=O) groups excluding carboxylic acids is 1. The van der Waals surface area contributed by atoms with Gasteiger partial charge in [0.15, 0.2) is 0 Å². The first-order valence-corrected chi connectivity index (χ1v) is 5.04. The number of amides is 1. The van der Waals surface area contributed by atoms with Gasteiger partial charge in [0, 0.05) is 12.6 Å². The van der Waals surface area contributed by atoms with Gasteiger partial charge in [-0.05, 0) is 12.8 Å². The second-order valence-corrected chi connectivity index (χ2v) is 3.48. The Hall–Kier alpha value is -0.750. The summed E-state index contributed by atoms with van der Waals surface area (Å²) in [5.41, 5.74) is 0. The van der Waals surface area contributed by atoms with Crippen LogP contribution in [0.5, 0.6) is 0 Å². The zero-order valence-electron chi connectivity index (χ0n) is 8.47. The summed E-state index contributed by atoms with van der Waals surface area (Å²) in [6.07, 6.45) is -0.310. The van der Waals surface area contributed by atoms with E-state index in [2.05, 4.69) is 15.4 Å². The number of ether oxygens (including phenoxy) is 1. The minimum Gasteiger partial charge on any atom is -0.374 e. The van der Waals surface area contributed by atoms with Crippen LogP contribution in [0.4, 0.5) is 8.78 Å². The number of alkyl halides is 2. The molecule has 1 amide bonds. The molecule has 1 rings (SSSR count). The average molecular weight is 222 g/mol. The minimum atomic E-state index is -2.43. The summed E-state index contributed by atoms with van der Waals surface area (Å²) >= 11 is 0. The number of nitrogens with one attached hydrogen (secondary N) is 2. The van der Waals surface area contributed by atoms with E-state index in [4.69, 9.17) is 0 Å². The molecule has 0 aromatic carbocycles. The van der Waals surface area contributed by atoms with Gasteiger partial charge in [0.1, 0.15) is 6.61 Å². The molecule has 0 bridgehead atoms. The lowest BCUT2D eigenvalue weighted by Crippen LogP contribution is -2.36. The van der Waals surface area contributed by atoms with Gasteiger partial charge < -0.3 is 15.4 Å². The van der Waals surface area contributed by atoms with Gasteiger partial charge in [0.05, 0.1) is 13.2 Å². The van der Waals surface area contributed by atoms with Crippen molar-refractivity contribution in [1.82, 2.24) is 10.6 Å². The number of hydrogen-bond acceptors (Lipinski definition) is 3. The fourth-order valence-corrected chi connectivity index (χ4v) is 1.03. The van der Waals surface area contributed by atoms with E-state index in [1.807, 2.05) is 0 Å². The fourth-order valence-electron chi connectivity index (χ4n) is 1.03. The van der Waals surface area contributed by atoms with E-state index >= 15 is 0 Å². The molecule has 0 heterocycles. The third-order valence-corrected chi connectivity index (χ3v) is 1.90. The highest BCUT2D eigenvalue weighted by molar-refractivity contribution is 5.78. The summed E-state index contributed by atoms with van der Waals surface area (Å²) in [5, 5.41) is 5.61. The van der Waals surface area contributed by atoms with E-state index in [0.717, 1.165) is 12.8 Å². The van der Waals surface area contributed by atoms with Crippen molar-refractivity contribution in [2.75, 3.05) is 26.3 Å². The van der Waals surface area contributed by atoms with Gasteiger partial charge in [-0.1, -0.05) is 0 Å². The fraction of sp³-hybridized carbons (Fsp3) is 0.889. The Labute approximate surface area is 87.4 Å². The molecule has 0 aromatic rings. The van der Waals surface area contributed by atoms with E-state index in [0.29, 0.717) is 12.6 Å². The summed E-state index contributed by atoms with van der Waals surface area (Å²) in [6.45, 7) is 0.274. The Kier molecular flexibility index (Phi) is 5.49. The van der Waals surface area contributed by atoms with Crippen molar-refractivity contribution in [3.63, 3.8) is 0 Å². The number of halogens is 2. The summed E-state index contributed by atoms with van der Waals surface area (Å²) in [4.78, 5) is 11.1. The molecule has 0 saturated heterocycles. The smallest absolute Gasteiger partial charge is 0.261 e. The van der Waals surface area contributed by atoms with Crippen LogP contribution in [-0.2, 0) is 9.53 Å². The largest absolute Gasteiger partial charge is 0.374 e. The molecule has 4 nitrogen and oxygen atoms in total. The monoisotopic (exact) mass is 222 g/mol. The Morgan fingerprint density at radius 3 is 2.80 bits per heavy atom. The molecule has 1 fully saturated rings. The van der Waals surface area contributed by atoms with Crippen molar-refractivity contribution in [2.24, 2.45) is 0 Å². The summed E-state index contributed by atoms with van der Waals surface area (Å²) in [7, 11) is 0. The Bertz CT molecular complexity index is 199. The lowest BCUT2D eigenvalue weighted by molar-refractivity contribution is -0.120. The maximum Gasteiger partial charge on any atom is 0.261 e. The molecule has 0 aromatic heterocycles. The highest BCUT2D eigenvalue weighted by Gasteiger charge is 2.22. The molecule has 15 heavy (non-hydrogen) atoms. The minimum absolute atomic E-state index is 0.0497. The quantitative estimate of drug-likeness (QED) is 0.574. The molecule has 2 N–H and O–H groups in total. The first-order chi connectivity index (χ1) is 7.18. The van der Waals surface area contributed by atoms with Crippen LogP contribution in [0.25, 0.3) is 0 Å². The Morgan fingerprint density at radius 1 is 1.47 bits per heavy atom. The molecule has 1 aliphatic rings. The van der Waals surface area contributed by atoms with Crippen LogP contribution in [0, 0.1) is 0 Å². The molecule has 6 heteroatoms. The summed E-state index contributed by atoms with van der Waals surface area (Å²) in [5.74, 6) is -0.0497. The maximum atomic E-state index is 11.6. The topological polar surface area (TPSA) is 50.4 Å². The van der Waals surface area contributed by atoms with Crippen LogP contribution in [0.3, 0.4) is 0 Å². The third kappa shape index (κ3) is 7.21. The second-order valence-electron chi connectivity index (χ2n) is 3.48. The highest BCUT2D eigenvalue weighted by Crippen LogP contribution is 2.17. The lowest BCUT2D eigenvalue weighted by atomic mass is 10.5. The van der Waals surface area contributed by atoms with Gasteiger partial charge in [-0.25, -0.2) is 8.78 Å². The lowest BCUT2D eigenvalue weighted by Gasteiger charge is -2.06. The molecule has 0 aliphatic heterocycles. The van der Waals surface area contributed by atoms with Crippen LogP contribution in [0.2, 0.25) is 0 Å². The summed E-state index contributed by atoms with van der Waals surface area (Å²) < 4.78 is 27.9. The van der Waals surface area contributed by atoms with E-state index in [1.54, 1.807) is 0 Å². The van der Waals surface area contributed by atoms with Crippen LogP contribution in [-0.4, -0.2) is 44.7 Å². The molecule has 1 aliphatic carbocycles. The van der Waals surface area contributed by atoms with Crippen molar-refractivity contribution in [1.29, 1.82) is 0 Å². The predicted octanol–water partition coefficient (Wildman–Crippen LogP) is 0.136. The van der Waals surface area contributed by atoms with Gasteiger partial charge in [-0.2, -0.15) is 0 Å². The van der Waals surface area contributed by atoms with Crippen molar-refractivity contribution < 1.29 is 18.3 Å². The first-order valence-electron chi connectivity index (χ1n) is 5.04. The van der Waals surface area contributed by atoms with E-state index in [1.165, 1.54) is 0 Å². The van der Waals surface area contributed by atoms with Gasteiger partial charge in [-0.3, -0.25) is 4.79 Å². The van der Waals surface area contributed by atoms with Crippen LogP contribution in [0.1, 0.15) is 12.8 Å². The van der Waals surface area contributed by atoms with Gasteiger partial charge in [0.25, 0.3) is 6.43 Å². The van der Waals surface area contributed by atoms with Crippen molar-refractivity contribution in [3.8, 4) is 0 Å². The van der Waals surface area contributed by atoms with Crippen molar-refractivity contribution in [3.05, 3.63) is 0 Å². The van der Waals surface area contributed by atoms with Crippen LogP contribution < -0.4 is 10.6 Å². The molecular formula is C9H16F2N2O2. The average Bonchev–Trinajstić information content (AvgIpc) is 2.94. The molecule has 88 valence electrons.